The Morgan fingerprint density at radius 2 is 1.88 bits per heavy atom. The zero-order valence-electron chi connectivity index (χ0n) is 10.6. The molecule has 1 aromatic carbocycles. The van der Waals surface area contributed by atoms with Crippen molar-refractivity contribution in [3.05, 3.63) is 23.8 Å². The number of anilines is 1. The fourth-order valence-corrected chi connectivity index (χ4v) is 1.43. The van der Waals surface area contributed by atoms with Crippen LogP contribution in [0.25, 0.3) is 0 Å². The highest BCUT2D eigenvalue weighted by atomic mass is 16.5. The fraction of sp³-hybridized carbons (Fsp3) is 0.538. The van der Waals surface area contributed by atoms with E-state index in [2.05, 4.69) is 6.92 Å². The standard InChI is InChI=1S/C13H21NO3/c1-3-6-16-7-8-17-10-11-4-5-13(15-2)12(14)9-11/h4-5,9H,3,6-8,10,14H2,1-2H3. The molecule has 0 bridgehead atoms. The summed E-state index contributed by atoms with van der Waals surface area (Å²) in [6.07, 6.45) is 1.04. The molecule has 0 saturated carbocycles. The summed E-state index contributed by atoms with van der Waals surface area (Å²) in [5, 5.41) is 0. The maximum Gasteiger partial charge on any atom is 0.141 e. The average molecular weight is 239 g/mol. The lowest BCUT2D eigenvalue weighted by atomic mass is 10.2. The first-order valence-corrected chi connectivity index (χ1v) is 5.85. The number of nitrogens with two attached hydrogens (primary N) is 1. The number of nitrogen functional groups attached to an aromatic ring is 1. The minimum atomic E-state index is 0.545. The highest BCUT2D eigenvalue weighted by Gasteiger charge is 2.00. The second-order valence-electron chi connectivity index (χ2n) is 3.74. The first-order chi connectivity index (χ1) is 8.27. The smallest absolute Gasteiger partial charge is 0.141 e. The zero-order valence-corrected chi connectivity index (χ0v) is 10.6. The number of benzene rings is 1. The Bertz CT molecular complexity index is 328. The van der Waals surface area contributed by atoms with Crippen molar-refractivity contribution in [3.8, 4) is 5.75 Å². The van der Waals surface area contributed by atoms with E-state index in [0.717, 1.165) is 18.6 Å². The Hall–Kier alpha value is -1.26. The number of hydrogen-bond donors (Lipinski definition) is 1. The molecule has 4 nitrogen and oxygen atoms in total. The normalized spacial score (nSPS) is 10.5. The minimum absolute atomic E-state index is 0.545. The molecule has 1 aromatic rings. The lowest BCUT2D eigenvalue weighted by Gasteiger charge is -2.08. The molecule has 0 radical (unpaired) electrons. The molecule has 0 atom stereocenters. The van der Waals surface area contributed by atoms with Gasteiger partial charge in [0.2, 0.25) is 0 Å². The van der Waals surface area contributed by atoms with Crippen LogP contribution in [-0.2, 0) is 16.1 Å². The number of hydrogen-bond acceptors (Lipinski definition) is 4. The summed E-state index contributed by atoms with van der Waals surface area (Å²) in [6, 6.07) is 5.66. The Morgan fingerprint density at radius 1 is 1.12 bits per heavy atom. The maximum atomic E-state index is 5.80. The number of rotatable bonds is 8. The third kappa shape index (κ3) is 5.06. The molecule has 0 unspecified atom stereocenters. The summed E-state index contributed by atoms with van der Waals surface area (Å²) >= 11 is 0. The Morgan fingerprint density at radius 3 is 2.53 bits per heavy atom. The summed E-state index contributed by atoms with van der Waals surface area (Å²) in [7, 11) is 1.60. The minimum Gasteiger partial charge on any atom is -0.495 e. The molecule has 0 aliphatic carbocycles. The van der Waals surface area contributed by atoms with Crippen LogP contribution in [0.1, 0.15) is 18.9 Å². The van der Waals surface area contributed by atoms with Gasteiger partial charge < -0.3 is 19.9 Å². The molecule has 0 fully saturated rings. The van der Waals surface area contributed by atoms with Gasteiger partial charge in [-0.05, 0) is 24.1 Å². The second-order valence-corrected chi connectivity index (χ2v) is 3.74. The van der Waals surface area contributed by atoms with Crippen LogP contribution >= 0.6 is 0 Å². The second kappa shape index (κ2) is 7.92. The fourth-order valence-electron chi connectivity index (χ4n) is 1.43. The maximum absolute atomic E-state index is 5.80. The summed E-state index contributed by atoms with van der Waals surface area (Å²) in [4.78, 5) is 0. The first kappa shape index (κ1) is 13.8. The van der Waals surface area contributed by atoms with E-state index in [-0.39, 0.29) is 0 Å². The van der Waals surface area contributed by atoms with Crippen molar-refractivity contribution in [1.29, 1.82) is 0 Å². The number of methoxy groups -OCH3 is 1. The van der Waals surface area contributed by atoms with Gasteiger partial charge >= 0.3 is 0 Å². The van der Waals surface area contributed by atoms with Crippen LogP contribution in [0.15, 0.2) is 18.2 Å². The highest BCUT2D eigenvalue weighted by Crippen LogP contribution is 2.22. The first-order valence-electron chi connectivity index (χ1n) is 5.85. The molecule has 0 aliphatic rings. The molecule has 0 aromatic heterocycles. The predicted octanol–water partition coefficient (Wildman–Crippen LogP) is 2.22. The Kier molecular flexibility index (Phi) is 6.43. The van der Waals surface area contributed by atoms with Gasteiger partial charge in [-0.25, -0.2) is 0 Å². The molecule has 2 N–H and O–H groups in total. The van der Waals surface area contributed by atoms with E-state index in [4.69, 9.17) is 19.9 Å². The molecular formula is C13H21NO3. The largest absolute Gasteiger partial charge is 0.495 e. The summed E-state index contributed by atoms with van der Waals surface area (Å²) in [5.74, 6) is 0.694. The molecule has 4 heteroatoms. The molecule has 17 heavy (non-hydrogen) atoms. The van der Waals surface area contributed by atoms with Gasteiger partial charge in [-0.2, -0.15) is 0 Å². The van der Waals surface area contributed by atoms with Crippen LogP contribution in [0.2, 0.25) is 0 Å². The molecule has 0 aliphatic heterocycles. The molecule has 0 spiro atoms. The Labute approximate surface area is 103 Å². The van der Waals surface area contributed by atoms with Crippen molar-refractivity contribution in [2.75, 3.05) is 32.7 Å². The number of ether oxygens (including phenoxy) is 3. The zero-order chi connectivity index (χ0) is 12.5. The van der Waals surface area contributed by atoms with Gasteiger partial charge in [0.15, 0.2) is 0 Å². The van der Waals surface area contributed by atoms with Crippen molar-refractivity contribution in [1.82, 2.24) is 0 Å². The van der Waals surface area contributed by atoms with Crippen molar-refractivity contribution >= 4 is 5.69 Å². The summed E-state index contributed by atoms with van der Waals surface area (Å²) in [6.45, 7) is 4.66. The van der Waals surface area contributed by atoms with Gasteiger partial charge in [0.05, 0.1) is 32.6 Å². The van der Waals surface area contributed by atoms with Crippen LogP contribution in [-0.4, -0.2) is 26.9 Å². The van der Waals surface area contributed by atoms with Crippen LogP contribution in [0.3, 0.4) is 0 Å². The highest BCUT2D eigenvalue weighted by molar-refractivity contribution is 5.54. The topological polar surface area (TPSA) is 53.7 Å². The molecular weight excluding hydrogens is 218 g/mol. The van der Waals surface area contributed by atoms with Gasteiger partial charge in [-0.3, -0.25) is 0 Å². The van der Waals surface area contributed by atoms with E-state index < -0.39 is 0 Å². The molecule has 0 heterocycles. The quantitative estimate of drug-likeness (QED) is 0.558. The van der Waals surface area contributed by atoms with Gasteiger partial charge in [-0.1, -0.05) is 13.0 Å². The molecule has 96 valence electrons. The van der Waals surface area contributed by atoms with E-state index in [1.165, 1.54) is 0 Å². The van der Waals surface area contributed by atoms with Crippen LogP contribution < -0.4 is 10.5 Å². The molecule has 0 amide bonds. The molecule has 0 saturated heterocycles. The SMILES string of the molecule is CCCOCCOCc1ccc(OC)c(N)c1. The molecule has 1 rings (SSSR count). The van der Waals surface area contributed by atoms with Crippen molar-refractivity contribution in [2.45, 2.75) is 20.0 Å². The van der Waals surface area contributed by atoms with E-state index in [1.54, 1.807) is 7.11 Å². The Balaban J connectivity index is 2.25. The van der Waals surface area contributed by atoms with Crippen LogP contribution in [0.4, 0.5) is 5.69 Å². The lowest BCUT2D eigenvalue weighted by molar-refractivity contribution is 0.0408. The van der Waals surface area contributed by atoms with Crippen LogP contribution in [0, 0.1) is 0 Å². The predicted molar refractivity (Wildman–Crippen MR) is 68.2 cm³/mol. The third-order valence-corrected chi connectivity index (χ3v) is 2.28. The van der Waals surface area contributed by atoms with Crippen molar-refractivity contribution in [3.63, 3.8) is 0 Å². The van der Waals surface area contributed by atoms with Gasteiger partial charge in [-0.15, -0.1) is 0 Å². The monoisotopic (exact) mass is 239 g/mol. The average Bonchev–Trinajstić information content (AvgIpc) is 2.34. The van der Waals surface area contributed by atoms with Gasteiger partial charge in [0.1, 0.15) is 5.75 Å². The lowest BCUT2D eigenvalue weighted by Crippen LogP contribution is -2.05. The third-order valence-electron chi connectivity index (χ3n) is 2.28. The van der Waals surface area contributed by atoms with Crippen molar-refractivity contribution in [2.24, 2.45) is 0 Å². The van der Waals surface area contributed by atoms with Gasteiger partial charge in [0.25, 0.3) is 0 Å². The van der Waals surface area contributed by atoms with E-state index in [0.29, 0.717) is 31.3 Å². The summed E-state index contributed by atoms with van der Waals surface area (Å²) in [5.41, 5.74) is 7.47. The van der Waals surface area contributed by atoms with Crippen molar-refractivity contribution < 1.29 is 14.2 Å². The van der Waals surface area contributed by atoms with E-state index in [1.807, 2.05) is 18.2 Å². The van der Waals surface area contributed by atoms with E-state index >= 15 is 0 Å². The van der Waals surface area contributed by atoms with E-state index in [9.17, 15) is 0 Å². The van der Waals surface area contributed by atoms with Gasteiger partial charge in [0, 0.05) is 6.61 Å². The summed E-state index contributed by atoms with van der Waals surface area (Å²) < 4.78 is 15.9. The van der Waals surface area contributed by atoms with Crippen LogP contribution in [0.5, 0.6) is 5.75 Å².